The van der Waals surface area contributed by atoms with Gasteiger partial charge in [0, 0.05) is 17.5 Å². The molecule has 1 fully saturated rings. The molecule has 0 aliphatic heterocycles. The molecule has 5 nitrogen and oxygen atoms in total. The Balaban J connectivity index is 1.77. The molecule has 2 atom stereocenters. The Morgan fingerprint density at radius 2 is 1.69 bits per heavy atom. The van der Waals surface area contributed by atoms with Gasteiger partial charge in [-0.1, -0.05) is 49.2 Å². The minimum atomic E-state index is -3.72. The summed E-state index contributed by atoms with van der Waals surface area (Å²) >= 11 is 11.9. The third-order valence-electron chi connectivity index (χ3n) is 4.86. The van der Waals surface area contributed by atoms with Crippen molar-refractivity contribution in [3.63, 3.8) is 0 Å². The fourth-order valence-electron chi connectivity index (χ4n) is 3.26. The maximum Gasteiger partial charge on any atom is 0.251 e. The molecule has 0 spiro atoms. The summed E-state index contributed by atoms with van der Waals surface area (Å²) in [6.45, 7) is 4.09. The zero-order valence-corrected chi connectivity index (χ0v) is 16.5. The first-order valence-corrected chi connectivity index (χ1v) is 10.2. The number of sulfonamides is 1. The van der Waals surface area contributed by atoms with Gasteiger partial charge in [0.15, 0.2) is 0 Å². The first-order chi connectivity index (χ1) is 12.0. The number of nitrogens with two attached hydrogens (primary N) is 1. The van der Waals surface area contributed by atoms with Crippen molar-refractivity contribution in [1.82, 2.24) is 5.32 Å². The van der Waals surface area contributed by atoms with Gasteiger partial charge in [-0.15, -0.1) is 0 Å². The Hall–Kier alpha value is -1.60. The van der Waals surface area contributed by atoms with Crippen LogP contribution in [0.4, 0.5) is 0 Å². The minimum absolute atomic E-state index is 0.0658. The number of nitrogens with one attached hydrogen (secondary N) is 1. The van der Waals surface area contributed by atoms with Crippen molar-refractivity contribution in [2.24, 2.45) is 10.6 Å². The Labute approximate surface area is 162 Å². The van der Waals surface area contributed by atoms with Crippen LogP contribution in [-0.4, -0.2) is 20.4 Å². The monoisotopic (exact) mass is 412 g/mol. The topological polar surface area (TPSA) is 89.3 Å². The van der Waals surface area contributed by atoms with Gasteiger partial charge in [-0.25, -0.2) is 13.6 Å². The molecule has 1 saturated carbocycles. The second-order valence-electron chi connectivity index (χ2n) is 6.99. The van der Waals surface area contributed by atoms with E-state index in [0.29, 0.717) is 15.6 Å². The molecule has 0 bridgehead atoms. The van der Waals surface area contributed by atoms with Crippen molar-refractivity contribution < 1.29 is 13.2 Å². The van der Waals surface area contributed by atoms with E-state index in [1.807, 2.05) is 13.8 Å². The smallest absolute Gasteiger partial charge is 0.251 e. The highest BCUT2D eigenvalue weighted by molar-refractivity contribution is 7.89. The Kier molecular flexibility index (Phi) is 4.82. The lowest BCUT2D eigenvalue weighted by atomic mass is 10.0. The highest BCUT2D eigenvalue weighted by atomic mass is 35.5. The van der Waals surface area contributed by atoms with Crippen LogP contribution >= 0.6 is 23.2 Å². The van der Waals surface area contributed by atoms with Gasteiger partial charge >= 0.3 is 0 Å². The number of rotatable bonds is 4. The number of carbonyl (C=O) groups is 1. The van der Waals surface area contributed by atoms with Gasteiger partial charge < -0.3 is 5.32 Å². The second kappa shape index (κ2) is 6.53. The average molecular weight is 413 g/mol. The lowest BCUT2D eigenvalue weighted by molar-refractivity contribution is 0.0946. The first-order valence-electron chi connectivity index (χ1n) is 7.90. The molecule has 2 aromatic carbocycles. The van der Waals surface area contributed by atoms with Crippen molar-refractivity contribution in [3.8, 4) is 0 Å². The Morgan fingerprint density at radius 1 is 1.08 bits per heavy atom. The summed E-state index contributed by atoms with van der Waals surface area (Å²) in [5, 5.41) is 8.86. The van der Waals surface area contributed by atoms with Crippen LogP contribution < -0.4 is 10.5 Å². The van der Waals surface area contributed by atoms with E-state index in [1.165, 1.54) is 18.2 Å². The normalized spacial score (nSPS) is 21.3. The minimum Gasteiger partial charge on any atom is -0.348 e. The van der Waals surface area contributed by atoms with Crippen molar-refractivity contribution in [1.29, 1.82) is 0 Å². The molecule has 1 amide bonds. The van der Waals surface area contributed by atoms with E-state index in [-0.39, 0.29) is 28.2 Å². The fourth-order valence-corrected chi connectivity index (χ4v) is 4.07. The predicted molar refractivity (Wildman–Crippen MR) is 102 cm³/mol. The van der Waals surface area contributed by atoms with E-state index in [9.17, 15) is 13.2 Å². The quantitative estimate of drug-likeness (QED) is 0.803. The van der Waals surface area contributed by atoms with Crippen molar-refractivity contribution >= 4 is 39.1 Å². The summed E-state index contributed by atoms with van der Waals surface area (Å²) in [6, 6.07) is 11.1. The van der Waals surface area contributed by atoms with E-state index in [0.717, 1.165) is 5.56 Å². The molecule has 0 unspecified atom stereocenters. The summed E-state index contributed by atoms with van der Waals surface area (Å²) in [6.07, 6.45) is 0. The molecule has 0 saturated heterocycles. The van der Waals surface area contributed by atoms with Crippen LogP contribution in [0.15, 0.2) is 47.4 Å². The number of carbonyl (C=O) groups excluding carboxylic acids is 1. The van der Waals surface area contributed by atoms with Crippen molar-refractivity contribution in [2.45, 2.75) is 30.7 Å². The highest BCUT2D eigenvalue weighted by Crippen LogP contribution is 2.58. The number of hydrogen-bond acceptors (Lipinski definition) is 3. The fraction of sp³-hybridized carbons (Fsp3) is 0.278. The zero-order valence-electron chi connectivity index (χ0n) is 14.2. The third-order valence-corrected chi connectivity index (χ3v) is 6.53. The van der Waals surface area contributed by atoms with E-state index < -0.39 is 10.0 Å². The van der Waals surface area contributed by atoms with Gasteiger partial charge in [0.25, 0.3) is 5.91 Å². The van der Waals surface area contributed by atoms with E-state index in [1.54, 1.807) is 24.3 Å². The van der Waals surface area contributed by atoms with Crippen LogP contribution in [0.3, 0.4) is 0 Å². The molecule has 0 heterocycles. The molecule has 3 N–H and O–H groups in total. The zero-order chi connectivity index (χ0) is 19.3. The Bertz CT molecular complexity index is 972. The van der Waals surface area contributed by atoms with Crippen LogP contribution in [0.5, 0.6) is 0 Å². The summed E-state index contributed by atoms with van der Waals surface area (Å²) in [4.78, 5) is 12.6. The van der Waals surface area contributed by atoms with Crippen LogP contribution in [0.2, 0.25) is 10.0 Å². The van der Waals surface area contributed by atoms with E-state index in [4.69, 9.17) is 28.3 Å². The molecule has 138 valence electrons. The molecule has 1 aliphatic carbocycles. The maximum absolute atomic E-state index is 12.5. The number of halogens is 2. The van der Waals surface area contributed by atoms with Crippen LogP contribution in [-0.2, 0) is 10.0 Å². The number of hydrogen-bond donors (Lipinski definition) is 2. The molecule has 2 aromatic rings. The lowest BCUT2D eigenvalue weighted by Crippen LogP contribution is -2.28. The molecular formula is C18H18Cl2N2O3S. The summed E-state index contributed by atoms with van der Waals surface area (Å²) < 4.78 is 22.8. The highest BCUT2D eigenvalue weighted by Gasteiger charge is 2.59. The van der Waals surface area contributed by atoms with Gasteiger partial charge in [-0.3, -0.25) is 4.79 Å². The van der Waals surface area contributed by atoms with Crippen LogP contribution in [0.1, 0.15) is 35.7 Å². The lowest BCUT2D eigenvalue weighted by Gasteiger charge is -2.07. The largest absolute Gasteiger partial charge is 0.348 e. The van der Waals surface area contributed by atoms with Crippen LogP contribution in [0, 0.1) is 5.41 Å². The van der Waals surface area contributed by atoms with Gasteiger partial charge in [-0.2, -0.15) is 0 Å². The third kappa shape index (κ3) is 3.60. The number of primary sulfonamides is 1. The summed E-state index contributed by atoms with van der Waals surface area (Å²) in [5.41, 5.74) is 1.22. The summed E-state index contributed by atoms with van der Waals surface area (Å²) in [5.74, 6) is -0.158. The number of benzene rings is 2. The van der Waals surface area contributed by atoms with E-state index >= 15 is 0 Å². The van der Waals surface area contributed by atoms with Gasteiger partial charge in [-0.05, 0) is 41.3 Å². The first kappa shape index (κ1) is 19.2. The molecule has 0 radical (unpaired) electrons. The van der Waals surface area contributed by atoms with Gasteiger partial charge in [0.05, 0.1) is 14.9 Å². The number of amides is 1. The molecular weight excluding hydrogens is 395 g/mol. The Morgan fingerprint density at radius 3 is 2.23 bits per heavy atom. The maximum atomic E-state index is 12.5. The predicted octanol–water partition coefficient (Wildman–Crippen LogP) is 3.56. The second-order valence-corrected chi connectivity index (χ2v) is 9.37. The standard InChI is InChI=1S/C18H18Cl2N2O3S/c1-18(2)15(10-3-6-12(7-4-10)26(21,24)25)16(18)22-17(23)11-5-8-13(19)14(20)9-11/h3-9,15-16H,1-2H3,(H,22,23)(H2,21,24,25)/t15-,16-/m1/s1. The molecule has 26 heavy (non-hydrogen) atoms. The van der Waals surface area contributed by atoms with E-state index in [2.05, 4.69) is 5.32 Å². The van der Waals surface area contributed by atoms with Gasteiger partial charge in [0.1, 0.15) is 0 Å². The summed E-state index contributed by atoms with van der Waals surface area (Å²) in [7, 11) is -3.72. The molecule has 3 rings (SSSR count). The molecule has 1 aliphatic rings. The SMILES string of the molecule is CC1(C)[C@H](NC(=O)c2ccc(Cl)c(Cl)c2)[C@H]1c1ccc(S(N)(=O)=O)cc1. The van der Waals surface area contributed by atoms with Crippen LogP contribution in [0.25, 0.3) is 0 Å². The van der Waals surface area contributed by atoms with Gasteiger partial charge in [0.2, 0.25) is 10.0 Å². The molecule has 8 heteroatoms. The van der Waals surface area contributed by atoms with Crippen molar-refractivity contribution in [3.05, 3.63) is 63.6 Å². The van der Waals surface area contributed by atoms with Crippen molar-refractivity contribution in [2.75, 3.05) is 0 Å². The average Bonchev–Trinajstić information content (AvgIpc) is 3.09. The molecule has 0 aromatic heterocycles.